The van der Waals surface area contributed by atoms with E-state index in [0.29, 0.717) is 23.2 Å². The average molecular weight is 500 g/mol. The molecule has 1 heterocycles. The van der Waals surface area contributed by atoms with Gasteiger partial charge in [-0.15, -0.1) is 0 Å². The topological polar surface area (TPSA) is 124 Å². The van der Waals surface area contributed by atoms with Gasteiger partial charge >= 0.3 is 0 Å². The van der Waals surface area contributed by atoms with E-state index < -0.39 is 36.6 Å². The molecule has 0 aliphatic carbocycles. The number of aldehydes is 1. The number of methoxy groups -OCH3 is 1. The summed E-state index contributed by atoms with van der Waals surface area (Å²) in [6.45, 7) is 0.0215. The Morgan fingerprint density at radius 1 is 1.09 bits per heavy atom. The lowest BCUT2D eigenvalue weighted by Gasteiger charge is -2.16. The van der Waals surface area contributed by atoms with Crippen LogP contribution in [0.2, 0.25) is 0 Å². The van der Waals surface area contributed by atoms with Crippen LogP contribution in [0, 0.1) is 0 Å². The summed E-state index contributed by atoms with van der Waals surface area (Å²) in [6.07, 6.45) is 0.673. The molecular formula is C24H21NO7S2. The van der Waals surface area contributed by atoms with Gasteiger partial charge in [0.05, 0.1) is 22.7 Å². The van der Waals surface area contributed by atoms with Crippen molar-refractivity contribution in [2.24, 2.45) is 0 Å². The maximum Gasteiger partial charge on any atom is 0.251 e. The molecule has 0 bridgehead atoms. The minimum absolute atomic E-state index is 0.0155. The normalized spacial score (nSPS) is 16.4. The molecule has 4 rings (SSSR count). The number of benzene rings is 3. The highest BCUT2D eigenvalue weighted by molar-refractivity contribution is 7.96. The Bertz CT molecular complexity index is 1480. The number of fused-ring (bicyclic) bond motifs is 1. The van der Waals surface area contributed by atoms with Gasteiger partial charge < -0.3 is 10.1 Å². The molecule has 1 amide bonds. The van der Waals surface area contributed by atoms with Crippen LogP contribution in [0.25, 0.3) is 0 Å². The number of nitrogens with one attached hydrogen (secondary N) is 1. The molecule has 0 radical (unpaired) electrons. The highest BCUT2D eigenvalue weighted by atomic mass is 32.2. The molecular weight excluding hydrogens is 478 g/mol. The first-order valence-electron chi connectivity index (χ1n) is 10.2. The SMILES string of the molecule is COc1cc(C=O)ccc1CNC(=O)c1cccc2c1C(S(=O)(=O)c1ccccc1)CS2(=O)=O. The molecule has 1 N–H and O–H groups in total. The van der Waals surface area contributed by atoms with E-state index in [0.717, 1.165) is 0 Å². The van der Waals surface area contributed by atoms with Crippen molar-refractivity contribution in [3.05, 3.63) is 89.0 Å². The number of rotatable bonds is 7. The molecule has 0 saturated carbocycles. The first kappa shape index (κ1) is 23.7. The van der Waals surface area contributed by atoms with Crippen molar-refractivity contribution in [2.75, 3.05) is 12.9 Å². The molecule has 3 aromatic carbocycles. The maximum absolute atomic E-state index is 13.3. The summed E-state index contributed by atoms with van der Waals surface area (Å²) in [5.74, 6) is -0.857. The Morgan fingerprint density at radius 2 is 1.82 bits per heavy atom. The molecule has 0 fully saturated rings. The lowest BCUT2D eigenvalue weighted by molar-refractivity contribution is 0.0949. The van der Waals surface area contributed by atoms with Gasteiger partial charge in [0.25, 0.3) is 5.91 Å². The van der Waals surface area contributed by atoms with Crippen LogP contribution in [0.3, 0.4) is 0 Å². The lowest BCUT2D eigenvalue weighted by Crippen LogP contribution is -2.26. The number of carbonyl (C=O) groups is 2. The van der Waals surface area contributed by atoms with Crippen LogP contribution in [0.1, 0.15) is 37.1 Å². The highest BCUT2D eigenvalue weighted by Crippen LogP contribution is 2.42. The predicted molar refractivity (Wildman–Crippen MR) is 124 cm³/mol. The van der Waals surface area contributed by atoms with E-state index in [2.05, 4.69) is 5.32 Å². The van der Waals surface area contributed by atoms with Crippen molar-refractivity contribution in [2.45, 2.75) is 21.6 Å². The molecule has 1 aliphatic heterocycles. The molecule has 10 heteroatoms. The van der Waals surface area contributed by atoms with Gasteiger partial charge in [0.1, 0.15) is 17.3 Å². The fourth-order valence-corrected chi connectivity index (χ4v) is 8.36. The van der Waals surface area contributed by atoms with E-state index in [-0.39, 0.29) is 27.5 Å². The molecule has 3 aromatic rings. The lowest BCUT2D eigenvalue weighted by atomic mass is 10.0. The fourth-order valence-electron chi connectivity index (χ4n) is 3.99. The summed E-state index contributed by atoms with van der Waals surface area (Å²) >= 11 is 0. The molecule has 1 unspecified atom stereocenters. The molecule has 1 aliphatic rings. The number of carbonyl (C=O) groups excluding carboxylic acids is 2. The van der Waals surface area contributed by atoms with Gasteiger partial charge in [0, 0.05) is 28.8 Å². The quantitative estimate of drug-likeness (QED) is 0.496. The van der Waals surface area contributed by atoms with E-state index in [1.807, 2.05) is 0 Å². The zero-order valence-corrected chi connectivity index (χ0v) is 19.7. The second-order valence-electron chi connectivity index (χ2n) is 7.72. The fraction of sp³-hybridized carbons (Fsp3) is 0.167. The van der Waals surface area contributed by atoms with E-state index >= 15 is 0 Å². The average Bonchev–Trinajstić information content (AvgIpc) is 3.14. The largest absolute Gasteiger partial charge is 0.496 e. The standard InChI is InChI=1S/C24H21NO7S2/c1-32-20-12-16(14-26)10-11-17(20)13-25-24(27)19-8-5-9-21-23(19)22(15-33(21,28)29)34(30,31)18-6-3-2-4-7-18/h2-12,14,22H,13,15H2,1H3,(H,25,27). The number of ether oxygens (including phenoxy) is 1. The first-order chi connectivity index (χ1) is 16.2. The van der Waals surface area contributed by atoms with E-state index in [4.69, 9.17) is 4.74 Å². The summed E-state index contributed by atoms with van der Waals surface area (Å²) in [7, 11) is -6.54. The summed E-state index contributed by atoms with van der Waals surface area (Å²) < 4.78 is 57.5. The number of amides is 1. The minimum atomic E-state index is -4.08. The van der Waals surface area contributed by atoms with E-state index in [1.54, 1.807) is 30.3 Å². The number of hydrogen-bond donors (Lipinski definition) is 1. The smallest absolute Gasteiger partial charge is 0.251 e. The van der Waals surface area contributed by atoms with Crippen LogP contribution in [0.5, 0.6) is 5.75 Å². The van der Waals surface area contributed by atoms with Crippen LogP contribution < -0.4 is 10.1 Å². The highest BCUT2D eigenvalue weighted by Gasteiger charge is 2.45. The molecule has 0 spiro atoms. The zero-order valence-electron chi connectivity index (χ0n) is 18.1. The van der Waals surface area contributed by atoms with E-state index in [1.165, 1.54) is 43.5 Å². The minimum Gasteiger partial charge on any atom is -0.496 e. The Kier molecular flexibility index (Phi) is 6.28. The molecule has 8 nitrogen and oxygen atoms in total. The maximum atomic E-state index is 13.3. The van der Waals surface area contributed by atoms with Crippen LogP contribution in [0.15, 0.2) is 76.5 Å². The van der Waals surface area contributed by atoms with Crippen LogP contribution >= 0.6 is 0 Å². The van der Waals surface area contributed by atoms with Gasteiger partial charge in [-0.25, -0.2) is 16.8 Å². The van der Waals surface area contributed by atoms with Crippen LogP contribution in [-0.4, -0.2) is 41.9 Å². The molecule has 1 atom stereocenters. The summed E-state index contributed by atoms with van der Waals surface area (Å²) in [5, 5.41) is 1.29. The second-order valence-corrected chi connectivity index (χ2v) is 11.9. The Morgan fingerprint density at radius 3 is 2.50 bits per heavy atom. The Balaban J connectivity index is 1.71. The third-order valence-corrected chi connectivity index (χ3v) is 9.76. The Labute approximate surface area is 197 Å². The summed E-state index contributed by atoms with van der Waals surface area (Å²) in [6, 6.07) is 16.5. The molecule has 0 saturated heterocycles. The molecule has 0 aromatic heterocycles. The summed E-state index contributed by atoms with van der Waals surface area (Å²) in [5.41, 5.74) is 0.959. The third kappa shape index (κ3) is 4.22. The summed E-state index contributed by atoms with van der Waals surface area (Å²) in [4.78, 5) is 23.9. The molecule has 34 heavy (non-hydrogen) atoms. The first-order valence-corrected chi connectivity index (χ1v) is 13.4. The number of sulfone groups is 2. The Hall–Kier alpha value is -3.50. The van der Waals surface area contributed by atoms with Gasteiger partial charge in [-0.1, -0.05) is 36.4 Å². The van der Waals surface area contributed by atoms with Crippen molar-refractivity contribution in [1.29, 1.82) is 0 Å². The van der Waals surface area contributed by atoms with Gasteiger partial charge in [-0.05, 0) is 30.3 Å². The van der Waals surface area contributed by atoms with Crippen molar-refractivity contribution in [3.63, 3.8) is 0 Å². The third-order valence-electron chi connectivity index (χ3n) is 5.67. The van der Waals surface area contributed by atoms with Crippen molar-refractivity contribution in [1.82, 2.24) is 5.32 Å². The van der Waals surface area contributed by atoms with Crippen molar-refractivity contribution < 1.29 is 31.2 Å². The van der Waals surface area contributed by atoms with Crippen LogP contribution in [0.4, 0.5) is 0 Å². The van der Waals surface area contributed by atoms with Gasteiger partial charge in [-0.3, -0.25) is 9.59 Å². The molecule has 176 valence electrons. The van der Waals surface area contributed by atoms with Gasteiger partial charge in [0.2, 0.25) is 0 Å². The van der Waals surface area contributed by atoms with Crippen molar-refractivity contribution >= 4 is 31.9 Å². The monoisotopic (exact) mass is 499 g/mol. The van der Waals surface area contributed by atoms with Gasteiger partial charge in [-0.2, -0.15) is 0 Å². The van der Waals surface area contributed by atoms with Crippen LogP contribution in [-0.2, 0) is 26.2 Å². The van der Waals surface area contributed by atoms with Gasteiger partial charge in [0.15, 0.2) is 19.7 Å². The second kappa shape index (κ2) is 9.03. The zero-order chi connectivity index (χ0) is 24.5. The predicted octanol–water partition coefficient (Wildman–Crippen LogP) is 2.74. The number of hydrogen-bond acceptors (Lipinski definition) is 7. The van der Waals surface area contributed by atoms with Crippen molar-refractivity contribution in [3.8, 4) is 5.75 Å². The van der Waals surface area contributed by atoms with E-state index in [9.17, 15) is 26.4 Å².